The topological polar surface area (TPSA) is 116 Å². The number of hydrogen-bond acceptors (Lipinski definition) is 5. The van der Waals surface area contributed by atoms with Crippen molar-refractivity contribution in [1.82, 2.24) is 5.43 Å². The minimum absolute atomic E-state index is 0.0711. The molecule has 0 aliphatic heterocycles. The average molecular weight is 244 g/mol. The fourth-order valence-electron chi connectivity index (χ4n) is 1.32. The predicted molar refractivity (Wildman–Crippen MR) is 57.0 cm³/mol. The Balaban J connectivity index is 2.78. The molecule has 0 saturated carbocycles. The molecule has 0 amide bonds. The van der Waals surface area contributed by atoms with Crippen LogP contribution < -0.4 is 11.3 Å². The van der Waals surface area contributed by atoms with Gasteiger partial charge < -0.3 is 15.3 Å². The zero-order valence-electron chi connectivity index (χ0n) is 8.80. The lowest BCUT2D eigenvalue weighted by Gasteiger charge is -2.14. The number of halogens is 1. The molecule has 0 bridgehead atoms. The molecule has 17 heavy (non-hydrogen) atoms. The zero-order valence-corrected chi connectivity index (χ0v) is 8.80. The highest BCUT2D eigenvalue weighted by atomic mass is 19.1. The second kappa shape index (κ2) is 5.46. The summed E-state index contributed by atoms with van der Waals surface area (Å²) in [5.74, 6) is 2.87. The fraction of sp³-hybridized carbons (Fsp3) is 0.300. The van der Waals surface area contributed by atoms with Gasteiger partial charge in [0.1, 0.15) is 12.2 Å². The summed E-state index contributed by atoms with van der Waals surface area (Å²) in [7, 11) is 0. The van der Waals surface area contributed by atoms with Gasteiger partial charge >= 0.3 is 5.97 Å². The third kappa shape index (κ3) is 3.30. The van der Waals surface area contributed by atoms with Crippen molar-refractivity contribution in [2.24, 2.45) is 5.84 Å². The second-order valence-corrected chi connectivity index (χ2v) is 3.51. The molecule has 2 atom stereocenters. The Labute approximate surface area is 96.5 Å². The maximum Gasteiger partial charge on any atom is 0.322 e. The van der Waals surface area contributed by atoms with Gasteiger partial charge in [-0.05, 0) is 17.7 Å². The van der Waals surface area contributed by atoms with Crippen molar-refractivity contribution in [2.75, 3.05) is 0 Å². The van der Waals surface area contributed by atoms with Gasteiger partial charge in [-0.25, -0.2) is 9.82 Å². The summed E-state index contributed by atoms with van der Waals surface area (Å²) in [5, 5.41) is 26.9. The number of phenolic OH excluding ortho intramolecular Hbond substituents is 2. The van der Waals surface area contributed by atoms with E-state index in [9.17, 15) is 14.3 Å². The first-order chi connectivity index (χ1) is 7.95. The van der Waals surface area contributed by atoms with Crippen LogP contribution >= 0.6 is 0 Å². The molecule has 94 valence electrons. The third-order valence-corrected chi connectivity index (χ3v) is 2.30. The van der Waals surface area contributed by atoms with E-state index in [4.69, 9.17) is 16.1 Å². The van der Waals surface area contributed by atoms with E-state index in [0.717, 1.165) is 12.1 Å². The largest absolute Gasteiger partial charge is 0.504 e. The number of aliphatic carboxylic acids is 1. The van der Waals surface area contributed by atoms with Gasteiger partial charge in [0.05, 0.1) is 0 Å². The van der Waals surface area contributed by atoms with E-state index in [1.165, 1.54) is 6.07 Å². The van der Waals surface area contributed by atoms with Crippen LogP contribution in [0, 0.1) is 0 Å². The first-order valence-corrected chi connectivity index (χ1v) is 4.80. The van der Waals surface area contributed by atoms with Crippen molar-refractivity contribution in [3.63, 3.8) is 0 Å². The van der Waals surface area contributed by atoms with Crippen LogP contribution in [0.15, 0.2) is 18.2 Å². The van der Waals surface area contributed by atoms with Gasteiger partial charge in [0.2, 0.25) is 0 Å². The SMILES string of the molecule is NNC(CC(F)c1ccc(O)c(O)c1)C(=O)O. The first-order valence-electron chi connectivity index (χ1n) is 4.80. The summed E-state index contributed by atoms with van der Waals surface area (Å²) in [6.45, 7) is 0. The molecule has 2 unspecified atom stereocenters. The van der Waals surface area contributed by atoms with Gasteiger partial charge in [0.15, 0.2) is 11.5 Å². The minimum atomic E-state index is -1.61. The van der Waals surface area contributed by atoms with Crippen molar-refractivity contribution in [3.8, 4) is 11.5 Å². The predicted octanol–water partition coefficient (Wildman–Crippen LogP) is 0.415. The zero-order chi connectivity index (χ0) is 13.0. The number of rotatable bonds is 5. The van der Waals surface area contributed by atoms with Gasteiger partial charge in [0.25, 0.3) is 0 Å². The number of carbonyl (C=O) groups is 1. The van der Waals surface area contributed by atoms with Crippen LogP contribution in [0.2, 0.25) is 0 Å². The third-order valence-electron chi connectivity index (χ3n) is 2.30. The minimum Gasteiger partial charge on any atom is -0.504 e. The number of aromatic hydroxyl groups is 2. The summed E-state index contributed by atoms with van der Waals surface area (Å²) in [6.07, 6.45) is -1.99. The standard InChI is InChI=1S/C10H13FN2O4/c11-6(4-7(13-12)10(16)17)5-1-2-8(14)9(15)3-5/h1-3,6-7,13-15H,4,12H2,(H,16,17). The van der Waals surface area contributed by atoms with Crippen LogP contribution in [0.3, 0.4) is 0 Å². The molecule has 0 radical (unpaired) electrons. The van der Waals surface area contributed by atoms with Gasteiger partial charge in [-0.2, -0.15) is 0 Å². The van der Waals surface area contributed by atoms with Crippen molar-refractivity contribution in [1.29, 1.82) is 0 Å². The second-order valence-electron chi connectivity index (χ2n) is 3.51. The lowest BCUT2D eigenvalue weighted by molar-refractivity contribution is -0.140. The van der Waals surface area contributed by atoms with Crippen molar-refractivity contribution in [2.45, 2.75) is 18.6 Å². The Morgan fingerprint density at radius 2 is 2.06 bits per heavy atom. The van der Waals surface area contributed by atoms with Crippen LogP contribution in [-0.2, 0) is 4.79 Å². The number of phenols is 2. The number of carboxylic acids is 1. The maximum absolute atomic E-state index is 13.7. The molecule has 0 heterocycles. The molecule has 7 heteroatoms. The molecule has 0 aromatic heterocycles. The van der Waals surface area contributed by atoms with E-state index in [0.29, 0.717) is 0 Å². The van der Waals surface area contributed by atoms with E-state index in [1.807, 2.05) is 5.43 Å². The highest BCUT2D eigenvalue weighted by molar-refractivity contribution is 5.73. The van der Waals surface area contributed by atoms with Crippen LogP contribution in [-0.4, -0.2) is 27.3 Å². The van der Waals surface area contributed by atoms with Gasteiger partial charge in [-0.3, -0.25) is 10.6 Å². The summed E-state index contributed by atoms with van der Waals surface area (Å²) >= 11 is 0. The van der Waals surface area contributed by atoms with Crippen molar-refractivity contribution < 1.29 is 24.5 Å². The molecule has 0 aliphatic carbocycles. The van der Waals surface area contributed by atoms with Crippen LogP contribution in [0.4, 0.5) is 4.39 Å². The van der Waals surface area contributed by atoms with E-state index in [1.54, 1.807) is 0 Å². The molecule has 1 rings (SSSR count). The quantitative estimate of drug-likeness (QED) is 0.291. The van der Waals surface area contributed by atoms with E-state index in [-0.39, 0.29) is 17.7 Å². The summed E-state index contributed by atoms with van der Waals surface area (Å²) in [5.41, 5.74) is 2.05. The number of carboxylic acid groups (broad SMARTS) is 1. The van der Waals surface area contributed by atoms with E-state index < -0.39 is 23.9 Å². The molecule has 6 nitrogen and oxygen atoms in total. The first kappa shape index (κ1) is 13.2. The number of benzene rings is 1. The molecule has 0 aliphatic rings. The fourth-order valence-corrected chi connectivity index (χ4v) is 1.32. The Hall–Kier alpha value is -1.86. The summed E-state index contributed by atoms with van der Waals surface area (Å²) < 4.78 is 13.7. The Kier molecular flexibility index (Phi) is 4.24. The molecular weight excluding hydrogens is 231 g/mol. The molecule has 1 aromatic carbocycles. The van der Waals surface area contributed by atoms with Crippen LogP contribution in [0.1, 0.15) is 18.2 Å². The highest BCUT2D eigenvalue weighted by Gasteiger charge is 2.22. The lowest BCUT2D eigenvalue weighted by atomic mass is 10.0. The lowest BCUT2D eigenvalue weighted by Crippen LogP contribution is -2.41. The Morgan fingerprint density at radius 3 is 2.53 bits per heavy atom. The van der Waals surface area contributed by atoms with Gasteiger partial charge in [0, 0.05) is 6.42 Å². The highest BCUT2D eigenvalue weighted by Crippen LogP contribution is 2.31. The van der Waals surface area contributed by atoms with Crippen molar-refractivity contribution in [3.05, 3.63) is 23.8 Å². The van der Waals surface area contributed by atoms with Crippen molar-refractivity contribution >= 4 is 5.97 Å². The van der Waals surface area contributed by atoms with Crippen LogP contribution in [0.25, 0.3) is 0 Å². The van der Waals surface area contributed by atoms with E-state index >= 15 is 0 Å². The number of hydrogen-bond donors (Lipinski definition) is 5. The molecule has 0 fully saturated rings. The molecule has 1 aromatic rings. The molecule has 0 saturated heterocycles. The monoisotopic (exact) mass is 244 g/mol. The van der Waals surface area contributed by atoms with E-state index in [2.05, 4.69) is 0 Å². The van der Waals surface area contributed by atoms with Crippen LogP contribution in [0.5, 0.6) is 11.5 Å². The Morgan fingerprint density at radius 1 is 1.41 bits per heavy atom. The summed E-state index contributed by atoms with van der Waals surface area (Å²) in [6, 6.07) is 2.20. The van der Waals surface area contributed by atoms with Gasteiger partial charge in [-0.15, -0.1) is 0 Å². The smallest absolute Gasteiger partial charge is 0.322 e. The average Bonchev–Trinajstić information content (AvgIpc) is 2.28. The molecule has 0 spiro atoms. The summed E-state index contributed by atoms with van der Waals surface area (Å²) in [4.78, 5) is 10.6. The molecule has 6 N–H and O–H groups in total. The maximum atomic E-state index is 13.7. The normalized spacial score (nSPS) is 14.2. The number of alkyl halides is 1. The number of hydrazine groups is 1. The van der Waals surface area contributed by atoms with Gasteiger partial charge in [-0.1, -0.05) is 6.07 Å². The Bertz CT molecular complexity index is 413. The number of nitrogens with one attached hydrogen (secondary N) is 1. The number of nitrogens with two attached hydrogens (primary N) is 1. The molecular formula is C10H13FN2O4.